The first-order chi connectivity index (χ1) is 13.2. The lowest BCUT2D eigenvalue weighted by molar-refractivity contribution is -0.148. The highest BCUT2D eigenvalue weighted by molar-refractivity contribution is 5.75. The van der Waals surface area contributed by atoms with Gasteiger partial charge in [-0.25, -0.2) is 0 Å². The fraction of sp³-hybridized carbons (Fsp3) is 0.833. The van der Waals surface area contributed by atoms with E-state index in [-0.39, 0.29) is 40.9 Å². The molecule has 2 unspecified atom stereocenters. The molecule has 5 rings (SSSR count). The van der Waals surface area contributed by atoms with Gasteiger partial charge in [-0.15, -0.1) is 0 Å². The van der Waals surface area contributed by atoms with Gasteiger partial charge in [0, 0.05) is 19.3 Å². The zero-order valence-electron chi connectivity index (χ0n) is 17.7. The number of allylic oxidation sites excluding steroid dienone is 1. The molecule has 1 saturated heterocycles. The van der Waals surface area contributed by atoms with Crippen LogP contribution in [0.5, 0.6) is 0 Å². The maximum atomic E-state index is 12.2. The molecule has 0 bridgehead atoms. The van der Waals surface area contributed by atoms with E-state index in [1.807, 2.05) is 0 Å². The lowest BCUT2D eigenvalue weighted by Crippen LogP contribution is -2.51. The molecule has 4 heteroatoms. The molecule has 1 aliphatic heterocycles. The highest BCUT2D eigenvalue weighted by Crippen LogP contribution is 2.68. The van der Waals surface area contributed by atoms with Gasteiger partial charge in [-0.05, 0) is 67.1 Å². The standard InChI is InChI=1S/C24H34O4/c1-13-21-20(28-22(13)26)12-19-17-6-5-15-11-16(27-14(2)25)7-9-23(15,3)18(17)8-10-24(19,21)4/h5,13,16-21H,6-12H2,1-4H3/t13-,16-,17+,18-,19-,20?,21?,23-,24-/m0/s1. The van der Waals surface area contributed by atoms with Gasteiger partial charge in [-0.3, -0.25) is 9.59 Å². The predicted octanol–water partition coefficient (Wildman–Crippen LogP) is 4.67. The molecule has 0 radical (unpaired) electrons. The summed E-state index contributed by atoms with van der Waals surface area (Å²) >= 11 is 0. The largest absolute Gasteiger partial charge is 0.462 e. The molecule has 0 aromatic carbocycles. The Labute approximate surface area is 168 Å². The first-order valence-corrected chi connectivity index (χ1v) is 11.3. The molecule has 5 aliphatic rings. The topological polar surface area (TPSA) is 52.6 Å². The quantitative estimate of drug-likeness (QED) is 0.485. The van der Waals surface area contributed by atoms with Crippen LogP contribution in [0.3, 0.4) is 0 Å². The van der Waals surface area contributed by atoms with Gasteiger partial charge in [0.15, 0.2) is 0 Å². The fourth-order valence-electron chi connectivity index (χ4n) is 8.41. The first-order valence-electron chi connectivity index (χ1n) is 11.3. The number of esters is 2. The highest BCUT2D eigenvalue weighted by Gasteiger charge is 2.65. The van der Waals surface area contributed by atoms with Crippen LogP contribution in [0, 0.1) is 40.4 Å². The van der Waals surface area contributed by atoms with Gasteiger partial charge in [0.25, 0.3) is 0 Å². The molecule has 4 fully saturated rings. The van der Waals surface area contributed by atoms with Crippen molar-refractivity contribution >= 4 is 11.9 Å². The second-order valence-electron chi connectivity index (χ2n) is 10.8. The molecule has 3 saturated carbocycles. The van der Waals surface area contributed by atoms with Crippen LogP contribution in [0.2, 0.25) is 0 Å². The average Bonchev–Trinajstić information content (AvgIpc) is 3.08. The molecule has 28 heavy (non-hydrogen) atoms. The molecule has 9 atom stereocenters. The molecule has 0 amide bonds. The van der Waals surface area contributed by atoms with Crippen LogP contribution in [-0.2, 0) is 19.1 Å². The van der Waals surface area contributed by atoms with E-state index in [1.54, 1.807) is 0 Å². The van der Waals surface area contributed by atoms with Crippen molar-refractivity contribution in [1.82, 2.24) is 0 Å². The Hall–Kier alpha value is -1.32. The van der Waals surface area contributed by atoms with Crippen molar-refractivity contribution < 1.29 is 19.1 Å². The van der Waals surface area contributed by atoms with Crippen LogP contribution >= 0.6 is 0 Å². The van der Waals surface area contributed by atoms with E-state index in [0.29, 0.717) is 23.7 Å². The lowest BCUT2D eigenvalue weighted by Gasteiger charge is -2.58. The third-order valence-corrected chi connectivity index (χ3v) is 9.66. The average molecular weight is 387 g/mol. The number of carbonyl (C=O) groups is 2. The van der Waals surface area contributed by atoms with E-state index in [9.17, 15) is 9.59 Å². The van der Waals surface area contributed by atoms with Crippen molar-refractivity contribution in [3.8, 4) is 0 Å². The number of ether oxygens (including phenoxy) is 2. The van der Waals surface area contributed by atoms with Gasteiger partial charge >= 0.3 is 11.9 Å². The first kappa shape index (κ1) is 18.7. The smallest absolute Gasteiger partial charge is 0.309 e. The zero-order chi connectivity index (χ0) is 19.8. The summed E-state index contributed by atoms with van der Waals surface area (Å²) in [6.07, 6.45) is 10.4. The van der Waals surface area contributed by atoms with Gasteiger partial charge in [-0.1, -0.05) is 32.4 Å². The van der Waals surface area contributed by atoms with Crippen LogP contribution in [0.1, 0.15) is 72.6 Å². The van der Waals surface area contributed by atoms with Gasteiger partial charge in [0.1, 0.15) is 12.2 Å². The minimum Gasteiger partial charge on any atom is -0.462 e. The highest BCUT2D eigenvalue weighted by atomic mass is 16.6. The summed E-state index contributed by atoms with van der Waals surface area (Å²) in [7, 11) is 0. The summed E-state index contributed by atoms with van der Waals surface area (Å²) < 4.78 is 11.4. The summed E-state index contributed by atoms with van der Waals surface area (Å²) in [6.45, 7) is 8.53. The number of fused-ring (bicyclic) bond motifs is 7. The minimum atomic E-state index is -0.155. The molecular weight excluding hydrogens is 352 g/mol. The van der Waals surface area contributed by atoms with Crippen LogP contribution in [0.4, 0.5) is 0 Å². The Morgan fingerprint density at radius 2 is 2.00 bits per heavy atom. The van der Waals surface area contributed by atoms with Gasteiger partial charge in [0.05, 0.1) is 5.92 Å². The number of hydrogen-bond acceptors (Lipinski definition) is 4. The zero-order valence-corrected chi connectivity index (χ0v) is 17.7. The maximum absolute atomic E-state index is 12.2. The summed E-state index contributed by atoms with van der Waals surface area (Å²) in [5.41, 5.74) is 2.03. The second kappa shape index (κ2) is 6.09. The van der Waals surface area contributed by atoms with E-state index >= 15 is 0 Å². The lowest BCUT2D eigenvalue weighted by atomic mass is 9.47. The van der Waals surface area contributed by atoms with E-state index in [2.05, 4.69) is 26.8 Å². The summed E-state index contributed by atoms with van der Waals surface area (Å²) in [4.78, 5) is 23.6. The van der Waals surface area contributed by atoms with Crippen molar-refractivity contribution in [3.05, 3.63) is 11.6 Å². The Bertz CT molecular complexity index is 741. The Morgan fingerprint density at radius 3 is 2.75 bits per heavy atom. The number of carbonyl (C=O) groups excluding carboxylic acids is 2. The normalized spacial score (nSPS) is 51.9. The molecule has 1 heterocycles. The van der Waals surface area contributed by atoms with Crippen LogP contribution in [0.25, 0.3) is 0 Å². The van der Waals surface area contributed by atoms with Gasteiger partial charge in [0.2, 0.25) is 0 Å². The molecule has 0 N–H and O–H groups in total. The monoisotopic (exact) mass is 386 g/mol. The van der Waals surface area contributed by atoms with Crippen molar-refractivity contribution in [2.24, 2.45) is 40.4 Å². The molecule has 4 nitrogen and oxygen atoms in total. The number of rotatable bonds is 1. The van der Waals surface area contributed by atoms with E-state index < -0.39 is 0 Å². The Morgan fingerprint density at radius 1 is 1.21 bits per heavy atom. The molecule has 0 spiro atoms. The van der Waals surface area contributed by atoms with E-state index in [4.69, 9.17) is 9.47 Å². The fourth-order valence-corrected chi connectivity index (χ4v) is 8.41. The summed E-state index contributed by atoms with van der Waals surface area (Å²) in [6, 6.07) is 0. The van der Waals surface area contributed by atoms with Crippen molar-refractivity contribution in [2.75, 3.05) is 0 Å². The molecule has 4 aliphatic carbocycles. The summed E-state index contributed by atoms with van der Waals surface area (Å²) in [5.74, 6) is 2.42. The molecule has 0 aromatic heterocycles. The predicted molar refractivity (Wildman–Crippen MR) is 105 cm³/mol. The van der Waals surface area contributed by atoms with E-state index in [0.717, 1.165) is 32.1 Å². The second-order valence-corrected chi connectivity index (χ2v) is 10.8. The maximum Gasteiger partial charge on any atom is 0.309 e. The van der Waals surface area contributed by atoms with Crippen LogP contribution < -0.4 is 0 Å². The Kier molecular flexibility index (Phi) is 4.07. The van der Waals surface area contributed by atoms with Gasteiger partial charge in [-0.2, -0.15) is 0 Å². The van der Waals surface area contributed by atoms with Crippen LogP contribution in [0.15, 0.2) is 11.6 Å². The van der Waals surface area contributed by atoms with Crippen LogP contribution in [-0.4, -0.2) is 24.1 Å². The Balaban J connectivity index is 1.42. The molecular formula is C24H34O4. The summed E-state index contributed by atoms with van der Waals surface area (Å²) in [5, 5.41) is 0. The van der Waals surface area contributed by atoms with Crippen molar-refractivity contribution in [3.63, 3.8) is 0 Å². The third-order valence-electron chi connectivity index (χ3n) is 9.66. The minimum absolute atomic E-state index is 0.0263. The number of hydrogen-bond donors (Lipinski definition) is 0. The molecule has 0 aromatic rings. The molecule has 154 valence electrons. The van der Waals surface area contributed by atoms with E-state index in [1.165, 1.54) is 25.3 Å². The third kappa shape index (κ3) is 2.42. The van der Waals surface area contributed by atoms with Crippen molar-refractivity contribution in [1.29, 1.82) is 0 Å². The SMILES string of the molecule is CC(=O)O[C@H]1CC[C@@]2(C)C(=CC[C@@H]3[C@@H]2CC[C@]2(C)C4C(C[C@@H]32)OC(=O)[C@H]4C)C1. The van der Waals surface area contributed by atoms with Crippen molar-refractivity contribution in [2.45, 2.75) is 84.8 Å². The van der Waals surface area contributed by atoms with Gasteiger partial charge < -0.3 is 9.47 Å².